The predicted molar refractivity (Wildman–Crippen MR) is 108 cm³/mol. The van der Waals surface area contributed by atoms with Crippen LogP contribution in [-0.4, -0.2) is 18.9 Å². The number of anilines is 1. The van der Waals surface area contributed by atoms with Gasteiger partial charge in [-0.3, -0.25) is 4.79 Å². The number of fused-ring (bicyclic) bond motifs is 1. The first kappa shape index (κ1) is 22.6. The van der Waals surface area contributed by atoms with Crippen molar-refractivity contribution in [3.63, 3.8) is 0 Å². The Balaban J connectivity index is 0.00000272. The number of nitrogens with zero attached hydrogens (tertiary/aromatic N) is 2. The summed E-state index contributed by atoms with van der Waals surface area (Å²) in [6, 6.07) is 18.9. The highest BCUT2D eigenvalue weighted by molar-refractivity contribution is 6.18. The van der Waals surface area contributed by atoms with E-state index in [0.717, 1.165) is 23.3 Å². The van der Waals surface area contributed by atoms with E-state index in [-0.39, 0.29) is 17.0 Å². The first-order chi connectivity index (χ1) is 14.4. The van der Waals surface area contributed by atoms with Crippen LogP contribution in [0.15, 0.2) is 77.8 Å². The van der Waals surface area contributed by atoms with Gasteiger partial charge in [-0.25, -0.2) is 0 Å². The van der Waals surface area contributed by atoms with E-state index in [2.05, 4.69) is 4.99 Å². The lowest BCUT2D eigenvalue weighted by Gasteiger charge is -2.20. The zero-order valence-corrected chi connectivity index (χ0v) is 17.9. The van der Waals surface area contributed by atoms with Crippen molar-refractivity contribution in [1.82, 2.24) is 0 Å². The Labute approximate surface area is 187 Å². The van der Waals surface area contributed by atoms with Crippen LogP contribution in [0.3, 0.4) is 0 Å². The Hall–Kier alpha value is -3.13. The quantitative estimate of drug-likeness (QED) is 0.567. The van der Waals surface area contributed by atoms with E-state index >= 15 is 0 Å². The maximum absolute atomic E-state index is 13.2. The summed E-state index contributed by atoms with van der Waals surface area (Å²) in [6.07, 6.45) is -4.46. The topological polar surface area (TPSA) is 41.9 Å². The van der Waals surface area contributed by atoms with Crippen molar-refractivity contribution in [3.8, 4) is 5.75 Å². The summed E-state index contributed by atoms with van der Waals surface area (Å²) in [5.41, 5.74) is 1.53. The molecule has 1 amide bonds. The van der Waals surface area contributed by atoms with Crippen LogP contribution in [0.4, 0.5) is 18.9 Å². The molecule has 0 unspecified atom stereocenters. The smallest absolute Gasteiger partial charge is 0.416 e. The third kappa shape index (κ3) is 4.64. The van der Waals surface area contributed by atoms with E-state index < -0.39 is 17.6 Å². The number of ether oxygens (including phenoxy) is 1. The molecule has 0 spiro atoms. The van der Waals surface area contributed by atoms with Gasteiger partial charge in [0, 0.05) is 16.8 Å². The lowest BCUT2D eigenvalue weighted by Crippen LogP contribution is -3.00. The average Bonchev–Trinajstić information content (AvgIpc) is 3.12. The molecular weight excluding hydrogens is 473 g/mol. The number of halogens is 4. The highest BCUT2D eigenvalue weighted by atomic mass is 79.9. The van der Waals surface area contributed by atoms with Gasteiger partial charge in [0.05, 0.1) is 19.2 Å². The van der Waals surface area contributed by atoms with Crippen LogP contribution in [0.2, 0.25) is 0 Å². The molecule has 1 heterocycles. The van der Waals surface area contributed by atoms with Crippen LogP contribution in [0, 0.1) is 0 Å². The molecule has 1 aliphatic heterocycles. The van der Waals surface area contributed by atoms with Crippen molar-refractivity contribution in [2.45, 2.75) is 12.7 Å². The van der Waals surface area contributed by atoms with Gasteiger partial charge in [0.1, 0.15) is 11.6 Å². The molecule has 8 heteroatoms. The third-order valence-corrected chi connectivity index (χ3v) is 4.87. The molecule has 1 aliphatic rings. The number of carbonyl (C=O) groups excluding carboxylic acids is 1. The monoisotopic (exact) mass is 489 g/mol. The minimum atomic E-state index is -4.46. The number of aliphatic imine (C=N–C) groups is 1. The largest absolute Gasteiger partial charge is 1.00 e. The summed E-state index contributed by atoms with van der Waals surface area (Å²) in [7, 11) is 1.53. The zero-order valence-electron chi connectivity index (χ0n) is 16.4. The molecule has 0 atom stereocenters. The number of hydrogen-bond donors (Lipinski definition) is 0. The van der Waals surface area contributed by atoms with Crippen molar-refractivity contribution in [2.75, 3.05) is 12.0 Å². The van der Waals surface area contributed by atoms with Gasteiger partial charge in [0.2, 0.25) is 0 Å². The van der Waals surface area contributed by atoms with Crippen LogP contribution >= 0.6 is 0 Å². The SMILES string of the molecule is COc1ccc(C(=O)N=C2c3ccccc3CN2c2cccc(C(F)(F)F)c2)cc1.[Br-]. The van der Waals surface area contributed by atoms with Gasteiger partial charge >= 0.3 is 6.18 Å². The maximum Gasteiger partial charge on any atom is 0.416 e. The standard InChI is InChI=1S/C23H17F3N2O2.BrH/c1-30-19-11-9-15(10-12-19)22(29)27-21-20-8-3-2-5-16(20)14-28(21)18-7-4-6-17(13-18)23(24,25)26;/h2-13H,14H2,1H3;1H/p-1. The van der Waals surface area contributed by atoms with Crippen LogP contribution in [-0.2, 0) is 12.7 Å². The normalized spacial score (nSPS) is 14.2. The molecule has 0 aromatic heterocycles. The van der Waals surface area contributed by atoms with E-state index in [1.165, 1.54) is 13.2 Å². The lowest BCUT2D eigenvalue weighted by atomic mass is 10.1. The number of alkyl halides is 3. The number of benzene rings is 3. The molecule has 4 rings (SSSR count). The van der Waals surface area contributed by atoms with Gasteiger partial charge in [0.25, 0.3) is 5.91 Å². The van der Waals surface area contributed by atoms with E-state index in [4.69, 9.17) is 4.74 Å². The number of methoxy groups -OCH3 is 1. The Morgan fingerprint density at radius 3 is 2.39 bits per heavy atom. The van der Waals surface area contributed by atoms with E-state index in [0.29, 0.717) is 29.4 Å². The molecule has 0 bridgehead atoms. The summed E-state index contributed by atoms with van der Waals surface area (Å²) in [6.45, 7) is 0.326. The van der Waals surface area contributed by atoms with E-state index in [9.17, 15) is 18.0 Å². The van der Waals surface area contributed by atoms with Crippen LogP contribution in [0.1, 0.15) is 27.0 Å². The van der Waals surface area contributed by atoms with Crippen molar-refractivity contribution >= 4 is 17.4 Å². The first-order valence-electron chi connectivity index (χ1n) is 9.17. The molecule has 4 nitrogen and oxygen atoms in total. The molecule has 31 heavy (non-hydrogen) atoms. The predicted octanol–water partition coefficient (Wildman–Crippen LogP) is 2.33. The Morgan fingerprint density at radius 2 is 1.71 bits per heavy atom. The highest BCUT2D eigenvalue weighted by Gasteiger charge is 2.33. The summed E-state index contributed by atoms with van der Waals surface area (Å²) in [5, 5.41) is 0. The molecule has 3 aromatic carbocycles. The minimum Gasteiger partial charge on any atom is -1.00 e. The molecule has 0 saturated carbocycles. The van der Waals surface area contributed by atoms with Crippen LogP contribution < -0.4 is 26.6 Å². The molecule has 0 saturated heterocycles. The number of hydrogen-bond acceptors (Lipinski definition) is 2. The fourth-order valence-electron chi connectivity index (χ4n) is 3.35. The molecule has 3 aromatic rings. The average molecular weight is 490 g/mol. The van der Waals surface area contributed by atoms with E-state index in [1.807, 2.05) is 24.3 Å². The Kier molecular flexibility index (Phi) is 6.50. The molecule has 0 N–H and O–H groups in total. The van der Waals surface area contributed by atoms with Crippen molar-refractivity contribution in [2.24, 2.45) is 4.99 Å². The van der Waals surface area contributed by atoms with Crippen molar-refractivity contribution in [3.05, 3.63) is 95.1 Å². The van der Waals surface area contributed by atoms with Gasteiger partial charge in [0.15, 0.2) is 0 Å². The van der Waals surface area contributed by atoms with Crippen LogP contribution in [0.25, 0.3) is 0 Å². The van der Waals surface area contributed by atoms with Gasteiger partial charge in [-0.1, -0.05) is 30.3 Å². The Morgan fingerprint density at radius 1 is 1.00 bits per heavy atom. The molecule has 0 radical (unpaired) electrons. The summed E-state index contributed by atoms with van der Waals surface area (Å²) >= 11 is 0. The fraction of sp³-hybridized carbons (Fsp3) is 0.130. The first-order valence-corrected chi connectivity index (χ1v) is 9.17. The Bertz CT molecular complexity index is 1130. The molecule has 0 aliphatic carbocycles. The highest BCUT2D eigenvalue weighted by Crippen LogP contribution is 2.34. The van der Waals surface area contributed by atoms with Gasteiger partial charge in [-0.2, -0.15) is 18.2 Å². The van der Waals surface area contributed by atoms with E-state index in [1.54, 1.807) is 35.2 Å². The second-order valence-corrected chi connectivity index (χ2v) is 6.76. The second kappa shape index (κ2) is 8.93. The second-order valence-electron chi connectivity index (χ2n) is 6.76. The molecular formula is C23H17BrF3N2O2-. The summed E-state index contributed by atoms with van der Waals surface area (Å²) < 4.78 is 44.7. The summed E-state index contributed by atoms with van der Waals surface area (Å²) in [4.78, 5) is 18.7. The van der Waals surface area contributed by atoms with Crippen LogP contribution in [0.5, 0.6) is 5.75 Å². The fourth-order valence-corrected chi connectivity index (χ4v) is 3.35. The maximum atomic E-state index is 13.2. The van der Waals surface area contributed by atoms with Gasteiger partial charge in [-0.15, -0.1) is 0 Å². The third-order valence-electron chi connectivity index (χ3n) is 4.87. The van der Waals surface area contributed by atoms with Crippen molar-refractivity contribution < 1.29 is 39.7 Å². The molecule has 160 valence electrons. The lowest BCUT2D eigenvalue weighted by molar-refractivity contribution is -0.137. The number of amides is 1. The number of carbonyl (C=O) groups is 1. The summed E-state index contributed by atoms with van der Waals surface area (Å²) in [5.74, 6) is 0.447. The van der Waals surface area contributed by atoms with Crippen molar-refractivity contribution in [1.29, 1.82) is 0 Å². The minimum absolute atomic E-state index is 0. The number of rotatable bonds is 3. The number of amidine groups is 1. The van der Waals surface area contributed by atoms with Gasteiger partial charge in [-0.05, 0) is 48.0 Å². The zero-order chi connectivity index (χ0) is 21.3. The van der Waals surface area contributed by atoms with Gasteiger partial charge < -0.3 is 26.6 Å². The molecule has 0 fully saturated rings.